The molecule has 1 aliphatic rings. The van der Waals surface area contributed by atoms with Gasteiger partial charge < -0.3 is 14.7 Å². The maximum atomic E-state index is 11.0. The van der Waals surface area contributed by atoms with E-state index < -0.39 is 5.97 Å². The topological polar surface area (TPSA) is 49.8 Å². The minimum absolute atomic E-state index is 0.237. The Labute approximate surface area is 107 Å². The number of hydrogen-bond acceptors (Lipinski definition) is 3. The van der Waals surface area contributed by atoms with Gasteiger partial charge in [0.05, 0.1) is 11.7 Å². The zero-order chi connectivity index (χ0) is 13.0. The van der Waals surface area contributed by atoms with Crippen LogP contribution >= 0.6 is 0 Å². The fourth-order valence-corrected chi connectivity index (χ4v) is 2.21. The van der Waals surface area contributed by atoms with Crippen molar-refractivity contribution in [2.45, 2.75) is 25.9 Å². The van der Waals surface area contributed by atoms with E-state index in [9.17, 15) is 4.79 Å². The Morgan fingerprint density at radius 2 is 2.39 bits per heavy atom. The second-order valence-corrected chi connectivity index (χ2v) is 4.56. The average molecular weight is 249 g/mol. The molecule has 1 saturated heterocycles. The van der Waals surface area contributed by atoms with Crippen molar-refractivity contribution in [2.24, 2.45) is 0 Å². The molecule has 1 N–H and O–H groups in total. The van der Waals surface area contributed by atoms with Crippen LogP contribution in [-0.4, -0.2) is 36.9 Å². The molecule has 1 heterocycles. The lowest BCUT2D eigenvalue weighted by Crippen LogP contribution is -2.31. The first kappa shape index (κ1) is 12.9. The molecule has 98 valence electrons. The van der Waals surface area contributed by atoms with Crippen molar-refractivity contribution in [2.75, 3.05) is 24.6 Å². The van der Waals surface area contributed by atoms with Crippen LogP contribution in [0.4, 0.5) is 5.69 Å². The molecule has 1 atom stereocenters. The van der Waals surface area contributed by atoms with Crippen LogP contribution in [0.25, 0.3) is 0 Å². The molecular weight excluding hydrogens is 230 g/mol. The molecule has 0 bridgehead atoms. The lowest BCUT2D eigenvalue weighted by atomic mass is 10.1. The third-order valence-electron chi connectivity index (χ3n) is 3.26. The number of carboxylic acid groups (broad SMARTS) is 1. The molecule has 1 unspecified atom stereocenters. The van der Waals surface area contributed by atoms with Gasteiger partial charge in [-0.1, -0.05) is 13.0 Å². The quantitative estimate of drug-likeness (QED) is 0.893. The van der Waals surface area contributed by atoms with E-state index in [2.05, 4.69) is 11.8 Å². The molecule has 4 nitrogen and oxygen atoms in total. The average Bonchev–Trinajstić information content (AvgIpc) is 2.64. The Kier molecular flexibility index (Phi) is 4.20. The summed E-state index contributed by atoms with van der Waals surface area (Å²) in [5.41, 5.74) is 1.31. The van der Waals surface area contributed by atoms with E-state index in [-0.39, 0.29) is 6.10 Å². The summed E-state index contributed by atoms with van der Waals surface area (Å²) in [7, 11) is 0. The minimum Gasteiger partial charge on any atom is -0.478 e. The van der Waals surface area contributed by atoms with Gasteiger partial charge in [0.25, 0.3) is 0 Å². The number of carbonyl (C=O) groups is 1. The number of rotatable bonds is 3. The van der Waals surface area contributed by atoms with E-state index in [1.807, 2.05) is 6.07 Å². The largest absolute Gasteiger partial charge is 0.478 e. The van der Waals surface area contributed by atoms with Crippen molar-refractivity contribution >= 4 is 11.7 Å². The van der Waals surface area contributed by atoms with Gasteiger partial charge in [-0.15, -0.1) is 0 Å². The zero-order valence-corrected chi connectivity index (χ0v) is 10.6. The summed E-state index contributed by atoms with van der Waals surface area (Å²) in [4.78, 5) is 13.2. The Hall–Kier alpha value is -1.55. The summed E-state index contributed by atoms with van der Waals surface area (Å²) in [5.74, 6) is -0.880. The third-order valence-corrected chi connectivity index (χ3v) is 3.26. The van der Waals surface area contributed by atoms with E-state index >= 15 is 0 Å². The van der Waals surface area contributed by atoms with Crippen molar-refractivity contribution in [1.29, 1.82) is 0 Å². The van der Waals surface area contributed by atoms with Crippen LogP contribution in [0.3, 0.4) is 0 Å². The Bertz CT molecular complexity index is 419. The van der Waals surface area contributed by atoms with E-state index in [0.29, 0.717) is 5.56 Å². The molecule has 1 fully saturated rings. The van der Waals surface area contributed by atoms with Gasteiger partial charge in [-0.3, -0.25) is 0 Å². The molecule has 4 heteroatoms. The predicted octanol–water partition coefficient (Wildman–Crippen LogP) is 2.39. The van der Waals surface area contributed by atoms with Crippen molar-refractivity contribution in [3.05, 3.63) is 29.8 Å². The van der Waals surface area contributed by atoms with Crippen LogP contribution < -0.4 is 4.90 Å². The molecule has 1 aliphatic heterocycles. The van der Waals surface area contributed by atoms with Crippen molar-refractivity contribution in [3.63, 3.8) is 0 Å². The van der Waals surface area contributed by atoms with Crippen LogP contribution in [0, 0.1) is 0 Å². The molecule has 0 aliphatic carbocycles. The van der Waals surface area contributed by atoms with Gasteiger partial charge in [-0.25, -0.2) is 4.79 Å². The molecule has 0 aromatic heterocycles. The molecule has 1 aromatic carbocycles. The standard InChI is InChI=1S/C14H19NO3/c1-2-13-10-15(7-4-8-18-13)12-6-3-5-11(9-12)14(16)17/h3,5-6,9,13H,2,4,7-8,10H2,1H3,(H,16,17). The molecule has 0 spiro atoms. The lowest BCUT2D eigenvalue weighted by Gasteiger charge is -2.25. The van der Waals surface area contributed by atoms with Crippen LogP contribution in [0.15, 0.2) is 24.3 Å². The fourth-order valence-electron chi connectivity index (χ4n) is 2.21. The Morgan fingerprint density at radius 1 is 1.56 bits per heavy atom. The Balaban J connectivity index is 2.18. The van der Waals surface area contributed by atoms with Gasteiger partial charge in [0.1, 0.15) is 0 Å². The number of nitrogens with zero attached hydrogens (tertiary/aromatic N) is 1. The summed E-state index contributed by atoms with van der Waals surface area (Å²) in [5, 5.41) is 9.02. The summed E-state index contributed by atoms with van der Waals surface area (Å²) < 4.78 is 5.72. The monoisotopic (exact) mass is 249 g/mol. The molecular formula is C14H19NO3. The summed E-state index contributed by atoms with van der Waals surface area (Å²) in [6.45, 7) is 4.65. The predicted molar refractivity (Wildman–Crippen MR) is 70.3 cm³/mol. The number of hydrogen-bond donors (Lipinski definition) is 1. The van der Waals surface area contributed by atoms with E-state index in [0.717, 1.165) is 38.2 Å². The van der Waals surface area contributed by atoms with Crippen LogP contribution in [0.5, 0.6) is 0 Å². The van der Waals surface area contributed by atoms with Crippen molar-refractivity contribution < 1.29 is 14.6 Å². The first-order chi connectivity index (χ1) is 8.70. The molecule has 0 radical (unpaired) electrons. The first-order valence-corrected chi connectivity index (χ1v) is 6.40. The second-order valence-electron chi connectivity index (χ2n) is 4.56. The third kappa shape index (κ3) is 3.01. The number of anilines is 1. The van der Waals surface area contributed by atoms with Gasteiger partial charge in [0.15, 0.2) is 0 Å². The van der Waals surface area contributed by atoms with Crippen LogP contribution in [-0.2, 0) is 4.74 Å². The molecule has 18 heavy (non-hydrogen) atoms. The van der Waals surface area contributed by atoms with E-state index in [1.165, 1.54) is 0 Å². The summed E-state index contributed by atoms with van der Waals surface area (Å²) in [6, 6.07) is 7.12. The number of ether oxygens (including phenoxy) is 1. The van der Waals surface area contributed by atoms with E-state index in [4.69, 9.17) is 9.84 Å². The highest BCUT2D eigenvalue weighted by Crippen LogP contribution is 2.20. The number of benzene rings is 1. The fraction of sp³-hybridized carbons (Fsp3) is 0.500. The molecule has 0 amide bonds. The molecule has 0 saturated carbocycles. The molecule has 2 rings (SSSR count). The highest BCUT2D eigenvalue weighted by molar-refractivity contribution is 5.88. The van der Waals surface area contributed by atoms with Gasteiger partial charge in [-0.05, 0) is 31.0 Å². The number of carboxylic acids is 1. The minimum atomic E-state index is -0.880. The maximum absolute atomic E-state index is 11.0. The van der Waals surface area contributed by atoms with Crippen LogP contribution in [0.1, 0.15) is 30.1 Å². The lowest BCUT2D eigenvalue weighted by molar-refractivity contribution is 0.0664. The first-order valence-electron chi connectivity index (χ1n) is 6.40. The van der Waals surface area contributed by atoms with Gasteiger partial charge in [-0.2, -0.15) is 0 Å². The highest BCUT2D eigenvalue weighted by Gasteiger charge is 2.18. The Morgan fingerprint density at radius 3 is 3.11 bits per heavy atom. The SMILES string of the molecule is CCC1CN(c2cccc(C(=O)O)c2)CCCO1. The van der Waals surface area contributed by atoms with Gasteiger partial charge >= 0.3 is 5.97 Å². The van der Waals surface area contributed by atoms with Gasteiger partial charge in [0.2, 0.25) is 0 Å². The zero-order valence-electron chi connectivity index (χ0n) is 10.6. The van der Waals surface area contributed by atoms with E-state index in [1.54, 1.807) is 18.2 Å². The second kappa shape index (κ2) is 5.87. The van der Waals surface area contributed by atoms with Crippen molar-refractivity contribution in [1.82, 2.24) is 0 Å². The highest BCUT2D eigenvalue weighted by atomic mass is 16.5. The smallest absolute Gasteiger partial charge is 0.335 e. The van der Waals surface area contributed by atoms with Gasteiger partial charge in [0, 0.05) is 25.4 Å². The summed E-state index contributed by atoms with van der Waals surface area (Å²) in [6.07, 6.45) is 2.20. The summed E-state index contributed by atoms with van der Waals surface area (Å²) >= 11 is 0. The maximum Gasteiger partial charge on any atom is 0.335 e. The number of aromatic carboxylic acids is 1. The van der Waals surface area contributed by atoms with Crippen LogP contribution in [0.2, 0.25) is 0 Å². The van der Waals surface area contributed by atoms with Crippen molar-refractivity contribution in [3.8, 4) is 0 Å². The molecule has 1 aromatic rings. The normalized spacial score (nSPS) is 20.5.